The van der Waals surface area contributed by atoms with Gasteiger partial charge < -0.3 is 0 Å². The number of hydrogen-bond donors (Lipinski definition) is 0. The highest BCUT2D eigenvalue weighted by Crippen LogP contribution is 2.41. The molecule has 116 valence electrons. The van der Waals surface area contributed by atoms with Crippen LogP contribution in [0, 0.1) is 11.6 Å². The molecule has 22 heavy (non-hydrogen) atoms. The quantitative estimate of drug-likeness (QED) is 0.807. The first-order valence-electron chi connectivity index (χ1n) is 6.87. The number of sulfone groups is 1. The minimum absolute atomic E-state index is 0.0267. The van der Waals surface area contributed by atoms with Gasteiger partial charge in [-0.2, -0.15) is 0 Å². The highest BCUT2D eigenvalue weighted by Gasteiger charge is 2.36. The van der Waals surface area contributed by atoms with E-state index >= 15 is 0 Å². The lowest BCUT2D eigenvalue weighted by molar-refractivity contribution is 0.514. The van der Waals surface area contributed by atoms with Crippen LogP contribution < -0.4 is 0 Å². The zero-order valence-corrected chi connectivity index (χ0v) is 13.1. The van der Waals surface area contributed by atoms with Crippen molar-refractivity contribution in [2.45, 2.75) is 29.4 Å². The molecule has 2 nitrogen and oxygen atoms in total. The first kappa shape index (κ1) is 15.4. The fraction of sp³-hybridized carbons (Fsp3) is 0.250. The summed E-state index contributed by atoms with van der Waals surface area (Å²) >= 11 is 5.77. The number of rotatable bonds is 2. The van der Waals surface area contributed by atoms with Crippen molar-refractivity contribution in [2.24, 2.45) is 0 Å². The van der Waals surface area contributed by atoms with Crippen molar-refractivity contribution in [3.8, 4) is 0 Å². The minimum atomic E-state index is -3.80. The maximum atomic E-state index is 14.2. The zero-order chi connectivity index (χ0) is 15.9. The molecule has 0 bridgehead atoms. The molecule has 0 aliphatic heterocycles. The molecule has 0 amide bonds. The van der Waals surface area contributed by atoms with E-state index in [2.05, 4.69) is 0 Å². The fourth-order valence-corrected chi connectivity index (χ4v) is 4.93. The Morgan fingerprint density at radius 2 is 1.64 bits per heavy atom. The molecule has 2 aromatic rings. The van der Waals surface area contributed by atoms with Crippen molar-refractivity contribution in [1.29, 1.82) is 0 Å². The molecule has 1 aliphatic rings. The Morgan fingerprint density at radius 1 is 1.00 bits per heavy atom. The van der Waals surface area contributed by atoms with Gasteiger partial charge >= 0.3 is 0 Å². The van der Waals surface area contributed by atoms with Crippen LogP contribution in [0.4, 0.5) is 8.78 Å². The molecule has 0 radical (unpaired) electrons. The molecule has 1 atom stereocenters. The monoisotopic (exact) mass is 342 g/mol. The summed E-state index contributed by atoms with van der Waals surface area (Å²) in [6, 6.07) is 7.77. The minimum Gasteiger partial charge on any atom is -0.223 e. The summed E-state index contributed by atoms with van der Waals surface area (Å²) in [7, 11) is -3.80. The van der Waals surface area contributed by atoms with E-state index in [0.29, 0.717) is 17.9 Å². The standard InChI is InChI=1S/C16H13ClF2O2S/c17-10-4-6-11(7-5-10)22(20,21)15-3-1-2-12-13(18)8-9-14(19)16(12)15/h4-9,15H,1-3H2. The van der Waals surface area contributed by atoms with Gasteiger partial charge in [0.15, 0.2) is 9.84 Å². The van der Waals surface area contributed by atoms with Gasteiger partial charge in [0, 0.05) is 10.6 Å². The Morgan fingerprint density at radius 3 is 2.32 bits per heavy atom. The lowest BCUT2D eigenvalue weighted by atomic mass is 9.90. The lowest BCUT2D eigenvalue weighted by Crippen LogP contribution is -2.21. The predicted octanol–water partition coefficient (Wildman–Crippen LogP) is 4.47. The van der Waals surface area contributed by atoms with Crippen LogP contribution in [0.3, 0.4) is 0 Å². The maximum Gasteiger partial charge on any atom is 0.185 e. The topological polar surface area (TPSA) is 34.1 Å². The normalized spacial score (nSPS) is 18.0. The predicted molar refractivity (Wildman–Crippen MR) is 80.7 cm³/mol. The molecule has 0 N–H and O–H groups in total. The molecule has 3 rings (SSSR count). The third-order valence-corrected chi connectivity index (χ3v) is 6.38. The number of halogens is 3. The SMILES string of the molecule is O=S(=O)(c1ccc(Cl)cc1)C1CCCc2c(F)ccc(F)c21. The molecular weight excluding hydrogens is 330 g/mol. The van der Waals surface area contributed by atoms with Gasteiger partial charge in [-0.1, -0.05) is 11.6 Å². The van der Waals surface area contributed by atoms with Crippen LogP contribution in [0.15, 0.2) is 41.3 Å². The van der Waals surface area contributed by atoms with Gasteiger partial charge in [-0.3, -0.25) is 0 Å². The summed E-state index contributed by atoms with van der Waals surface area (Å²) in [5, 5.41) is -0.645. The molecule has 1 aliphatic carbocycles. The second-order valence-corrected chi connectivity index (χ2v) is 7.87. The summed E-state index contributed by atoms with van der Waals surface area (Å²) in [6.45, 7) is 0. The third-order valence-electron chi connectivity index (χ3n) is 3.98. The van der Waals surface area contributed by atoms with E-state index in [1.54, 1.807) is 0 Å². The van der Waals surface area contributed by atoms with Crippen LogP contribution in [0.1, 0.15) is 29.2 Å². The maximum absolute atomic E-state index is 14.2. The Kier molecular flexibility index (Phi) is 3.95. The van der Waals surface area contributed by atoms with Crippen LogP contribution in [0.2, 0.25) is 5.02 Å². The molecule has 0 heterocycles. The molecule has 0 aromatic heterocycles. The van der Waals surface area contributed by atoms with Gasteiger partial charge in [0.25, 0.3) is 0 Å². The van der Waals surface area contributed by atoms with Crippen molar-refractivity contribution in [3.05, 3.63) is 64.2 Å². The van der Waals surface area contributed by atoms with Gasteiger partial charge in [0.1, 0.15) is 11.6 Å². The van der Waals surface area contributed by atoms with Crippen molar-refractivity contribution in [2.75, 3.05) is 0 Å². The Bertz CT molecular complexity index is 817. The van der Waals surface area contributed by atoms with E-state index in [-0.39, 0.29) is 22.4 Å². The Balaban J connectivity index is 2.15. The van der Waals surface area contributed by atoms with E-state index in [1.807, 2.05) is 0 Å². The Hall–Kier alpha value is -1.46. The number of benzene rings is 2. The van der Waals surface area contributed by atoms with Crippen LogP contribution in [0.5, 0.6) is 0 Å². The molecule has 1 unspecified atom stereocenters. The Labute approximate surface area is 132 Å². The molecule has 0 spiro atoms. The average molecular weight is 343 g/mol. The van der Waals surface area contributed by atoms with Gasteiger partial charge in [0.05, 0.1) is 10.1 Å². The van der Waals surface area contributed by atoms with E-state index in [9.17, 15) is 17.2 Å². The first-order valence-corrected chi connectivity index (χ1v) is 8.80. The van der Waals surface area contributed by atoms with E-state index in [4.69, 9.17) is 11.6 Å². The highest BCUT2D eigenvalue weighted by molar-refractivity contribution is 7.91. The molecule has 0 saturated heterocycles. The van der Waals surface area contributed by atoms with E-state index in [0.717, 1.165) is 12.1 Å². The summed E-state index contributed by atoms with van der Waals surface area (Å²) in [5.41, 5.74) is 0.148. The second kappa shape index (κ2) is 5.63. The van der Waals surface area contributed by atoms with Gasteiger partial charge in [-0.25, -0.2) is 17.2 Å². The van der Waals surface area contributed by atoms with E-state index < -0.39 is 26.7 Å². The second-order valence-electron chi connectivity index (χ2n) is 5.30. The molecule has 0 fully saturated rings. The summed E-state index contributed by atoms with van der Waals surface area (Å²) in [4.78, 5) is 0.0680. The van der Waals surface area contributed by atoms with Crippen LogP contribution in [-0.2, 0) is 16.3 Å². The molecule has 2 aromatic carbocycles. The number of fused-ring (bicyclic) bond motifs is 1. The number of hydrogen-bond acceptors (Lipinski definition) is 2. The van der Waals surface area contributed by atoms with Crippen LogP contribution >= 0.6 is 11.6 Å². The smallest absolute Gasteiger partial charge is 0.185 e. The van der Waals surface area contributed by atoms with Gasteiger partial charge in [0.2, 0.25) is 0 Å². The average Bonchev–Trinajstić information content (AvgIpc) is 2.51. The van der Waals surface area contributed by atoms with Gasteiger partial charge in [-0.05, 0) is 61.2 Å². The van der Waals surface area contributed by atoms with Crippen molar-refractivity contribution in [3.63, 3.8) is 0 Å². The first-order chi connectivity index (χ1) is 10.4. The van der Waals surface area contributed by atoms with Crippen LogP contribution in [-0.4, -0.2) is 8.42 Å². The van der Waals surface area contributed by atoms with Crippen molar-refractivity contribution < 1.29 is 17.2 Å². The van der Waals surface area contributed by atoms with Crippen LogP contribution in [0.25, 0.3) is 0 Å². The summed E-state index contributed by atoms with van der Waals surface area (Å²) in [6.07, 6.45) is 1.13. The summed E-state index contributed by atoms with van der Waals surface area (Å²) < 4.78 is 53.6. The largest absolute Gasteiger partial charge is 0.223 e. The fourth-order valence-electron chi connectivity index (χ4n) is 2.92. The van der Waals surface area contributed by atoms with E-state index in [1.165, 1.54) is 24.3 Å². The molecular formula is C16H13ClF2O2S. The zero-order valence-electron chi connectivity index (χ0n) is 11.5. The van der Waals surface area contributed by atoms with Crippen molar-refractivity contribution >= 4 is 21.4 Å². The molecule has 6 heteroatoms. The summed E-state index contributed by atoms with van der Waals surface area (Å²) in [5.74, 6) is -1.22. The third kappa shape index (κ3) is 2.52. The van der Waals surface area contributed by atoms with Gasteiger partial charge in [-0.15, -0.1) is 0 Å². The highest BCUT2D eigenvalue weighted by atomic mass is 35.5. The molecule has 0 saturated carbocycles. The van der Waals surface area contributed by atoms with Crippen molar-refractivity contribution in [1.82, 2.24) is 0 Å². The lowest BCUT2D eigenvalue weighted by Gasteiger charge is -2.26.